The highest BCUT2D eigenvalue weighted by atomic mass is 79.9. The van der Waals surface area contributed by atoms with Crippen molar-refractivity contribution in [2.75, 3.05) is 20.2 Å². The number of nitrogens with one attached hydrogen (secondary N) is 1. The third-order valence-electron chi connectivity index (χ3n) is 4.96. The van der Waals surface area contributed by atoms with Gasteiger partial charge in [0.1, 0.15) is 15.4 Å². The fourth-order valence-electron chi connectivity index (χ4n) is 3.37. The highest BCUT2D eigenvalue weighted by Gasteiger charge is 2.14. The standard InChI is InChI=1S/C20H22BrN5O2S/c1-28-15-10-17-16(23-11-15)2-3-20(27)26(17)9-8-25-6-4-14(5-7-25)22-12-19-24-18(21)13-29-19/h2-4,6,10-11,13-14,22H,5,7-9,12H2,1H3. The van der Waals surface area contributed by atoms with Gasteiger partial charge in [0.25, 0.3) is 5.56 Å². The Morgan fingerprint density at radius 3 is 3.00 bits per heavy atom. The van der Waals surface area contributed by atoms with Gasteiger partial charge >= 0.3 is 0 Å². The third kappa shape index (κ3) is 4.85. The molecule has 3 aromatic rings. The van der Waals surface area contributed by atoms with E-state index in [1.54, 1.807) is 41.3 Å². The molecule has 7 nitrogen and oxygen atoms in total. The van der Waals surface area contributed by atoms with Crippen molar-refractivity contribution >= 4 is 38.3 Å². The lowest BCUT2D eigenvalue weighted by Gasteiger charge is -2.28. The lowest BCUT2D eigenvalue weighted by Crippen LogP contribution is -2.37. The second kappa shape index (κ2) is 9.06. The molecule has 1 aliphatic rings. The van der Waals surface area contributed by atoms with Crippen LogP contribution >= 0.6 is 27.3 Å². The highest BCUT2D eigenvalue weighted by molar-refractivity contribution is 9.10. The molecule has 152 valence electrons. The van der Waals surface area contributed by atoms with E-state index in [0.29, 0.717) is 18.3 Å². The lowest BCUT2D eigenvalue weighted by atomic mass is 10.1. The molecule has 0 bridgehead atoms. The van der Waals surface area contributed by atoms with Crippen LogP contribution in [-0.2, 0) is 13.1 Å². The zero-order valence-electron chi connectivity index (χ0n) is 16.0. The van der Waals surface area contributed by atoms with Crippen molar-refractivity contribution in [2.45, 2.75) is 25.6 Å². The highest BCUT2D eigenvalue weighted by Crippen LogP contribution is 2.18. The molecule has 0 amide bonds. The Morgan fingerprint density at radius 2 is 2.28 bits per heavy atom. The molecule has 0 aromatic carbocycles. The SMILES string of the molecule is COc1cnc2ccc(=O)n(CCN3C=CC(NCc4nc(Br)cs4)CC3)c2c1. The Bertz CT molecular complexity index is 1080. The van der Waals surface area contributed by atoms with Crippen LogP contribution in [0.15, 0.2) is 51.4 Å². The van der Waals surface area contributed by atoms with Crippen molar-refractivity contribution < 1.29 is 4.74 Å². The van der Waals surface area contributed by atoms with Crippen molar-refractivity contribution in [3.8, 4) is 5.75 Å². The van der Waals surface area contributed by atoms with Crippen LogP contribution in [0.3, 0.4) is 0 Å². The molecular weight excluding hydrogens is 454 g/mol. The van der Waals surface area contributed by atoms with Gasteiger partial charge in [-0.1, -0.05) is 6.08 Å². The maximum atomic E-state index is 12.4. The molecule has 4 heterocycles. The summed E-state index contributed by atoms with van der Waals surface area (Å²) >= 11 is 5.03. The minimum atomic E-state index is -0.0253. The second-order valence-corrected chi connectivity index (χ2v) is 8.58. The number of halogens is 1. The molecule has 0 radical (unpaired) electrons. The van der Waals surface area contributed by atoms with Crippen LogP contribution in [0, 0.1) is 0 Å². The summed E-state index contributed by atoms with van der Waals surface area (Å²) in [5.41, 5.74) is 1.56. The summed E-state index contributed by atoms with van der Waals surface area (Å²) in [5, 5.41) is 6.60. The number of fused-ring (bicyclic) bond motifs is 1. The first kappa shape index (κ1) is 20.1. The topological polar surface area (TPSA) is 72.3 Å². The molecule has 0 aliphatic carbocycles. The number of hydrogen-bond donors (Lipinski definition) is 1. The first-order chi connectivity index (χ1) is 14.1. The number of methoxy groups -OCH3 is 1. The maximum absolute atomic E-state index is 12.4. The molecule has 3 aromatic heterocycles. The molecule has 9 heteroatoms. The van der Waals surface area contributed by atoms with Crippen LogP contribution in [0.4, 0.5) is 0 Å². The van der Waals surface area contributed by atoms with Gasteiger partial charge in [-0.25, -0.2) is 4.98 Å². The predicted octanol–water partition coefficient (Wildman–Crippen LogP) is 3.00. The minimum Gasteiger partial charge on any atom is -0.495 e. The Hall–Kier alpha value is -2.23. The molecule has 4 rings (SSSR count). The minimum absolute atomic E-state index is 0.0253. The van der Waals surface area contributed by atoms with Gasteiger partial charge in [0.2, 0.25) is 0 Å². The van der Waals surface area contributed by atoms with E-state index in [-0.39, 0.29) is 5.56 Å². The van der Waals surface area contributed by atoms with Crippen LogP contribution in [0.1, 0.15) is 11.4 Å². The molecule has 1 N–H and O–H groups in total. The van der Waals surface area contributed by atoms with E-state index in [9.17, 15) is 4.79 Å². The number of thiazole rings is 1. The van der Waals surface area contributed by atoms with E-state index in [1.165, 1.54) is 0 Å². The average molecular weight is 476 g/mol. The van der Waals surface area contributed by atoms with E-state index in [1.807, 2.05) is 11.4 Å². The number of hydrogen-bond acceptors (Lipinski definition) is 7. The number of ether oxygens (including phenoxy) is 1. The zero-order chi connectivity index (χ0) is 20.2. The van der Waals surface area contributed by atoms with Gasteiger partial charge in [-0.05, 0) is 34.6 Å². The molecule has 0 spiro atoms. The van der Waals surface area contributed by atoms with Gasteiger partial charge in [0, 0.05) is 49.7 Å². The van der Waals surface area contributed by atoms with E-state index in [2.05, 4.69) is 48.4 Å². The number of rotatable bonds is 7. The first-order valence-corrected chi connectivity index (χ1v) is 11.1. The molecule has 1 aliphatic heterocycles. The summed E-state index contributed by atoms with van der Waals surface area (Å²) < 4.78 is 7.92. The third-order valence-corrected chi connectivity index (χ3v) is 6.51. The smallest absolute Gasteiger partial charge is 0.251 e. The molecule has 29 heavy (non-hydrogen) atoms. The van der Waals surface area contributed by atoms with Crippen molar-refractivity contribution in [3.63, 3.8) is 0 Å². The van der Waals surface area contributed by atoms with Crippen LogP contribution in [0.25, 0.3) is 11.0 Å². The lowest BCUT2D eigenvalue weighted by molar-refractivity contribution is 0.316. The van der Waals surface area contributed by atoms with Crippen molar-refractivity contribution in [1.82, 2.24) is 24.8 Å². The number of aromatic nitrogens is 3. The monoisotopic (exact) mass is 475 g/mol. The summed E-state index contributed by atoms with van der Waals surface area (Å²) in [6, 6.07) is 5.53. The van der Waals surface area contributed by atoms with Gasteiger partial charge in [0.15, 0.2) is 0 Å². The summed E-state index contributed by atoms with van der Waals surface area (Å²) in [4.78, 5) is 23.5. The Balaban J connectivity index is 1.37. The maximum Gasteiger partial charge on any atom is 0.251 e. The van der Waals surface area contributed by atoms with Gasteiger partial charge in [0.05, 0.1) is 24.3 Å². The average Bonchev–Trinajstić information content (AvgIpc) is 3.17. The van der Waals surface area contributed by atoms with Crippen LogP contribution in [0.5, 0.6) is 5.75 Å². The Kier molecular flexibility index (Phi) is 6.27. The zero-order valence-corrected chi connectivity index (χ0v) is 18.4. The fraction of sp³-hybridized carbons (Fsp3) is 0.350. The van der Waals surface area contributed by atoms with Gasteiger partial charge < -0.3 is 19.5 Å². The van der Waals surface area contributed by atoms with E-state index >= 15 is 0 Å². The summed E-state index contributed by atoms with van der Waals surface area (Å²) in [5.74, 6) is 0.649. The largest absolute Gasteiger partial charge is 0.495 e. The number of pyridine rings is 2. The molecule has 0 saturated heterocycles. The molecular formula is C20H22BrN5O2S. The molecule has 1 unspecified atom stereocenters. The van der Waals surface area contributed by atoms with Gasteiger partial charge in [-0.15, -0.1) is 11.3 Å². The summed E-state index contributed by atoms with van der Waals surface area (Å²) in [7, 11) is 1.60. The molecule has 0 fully saturated rings. The Labute approximate surface area is 181 Å². The van der Waals surface area contributed by atoms with Crippen molar-refractivity contribution in [3.05, 3.63) is 62.0 Å². The van der Waals surface area contributed by atoms with E-state index in [0.717, 1.165) is 46.7 Å². The first-order valence-electron chi connectivity index (χ1n) is 9.41. The van der Waals surface area contributed by atoms with Crippen LogP contribution < -0.4 is 15.6 Å². The summed E-state index contributed by atoms with van der Waals surface area (Å²) in [6.45, 7) is 3.07. The van der Waals surface area contributed by atoms with Crippen LogP contribution in [-0.4, -0.2) is 45.7 Å². The normalized spacial score (nSPS) is 16.5. The van der Waals surface area contributed by atoms with E-state index in [4.69, 9.17) is 4.74 Å². The fourth-order valence-corrected chi connectivity index (χ4v) is 4.58. The molecule has 1 atom stereocenters. The quantitative estimate of drug-likeness (QED) is 0.566. The van der Waals surface area contributed by atoms with Gasteiger partial charge in [-0.2, -0.15) is 0 Å². The molecule has 0 saturated carbocycles. The van der Waals surface area contributed by atoms with Crippen molar-refractivity contribution in [2.24, 2.45) is 0 Å². The predicted molar refractivity (Wildman–Crippen MR) is 118 cm³/mol. The second-order valence-electron chi connectivity index (χ2n) is 6.82. The van der Waals surface area contributed by atoms with Crippen LogP contribution in [0.2, 0.25) is 0 Å². The van der Waals surface area contributed by atoms with Crippen molar-refractivity contribution in [1.29, 1.82) is 0 Å². The van der Waals surface area contributed by atoms with E-state index < -0.39 is 0 Å². The summed E-state index contributed by atoms with van der Waals surface area (Å²) in [6.07, 6.45) is 6.99. The Morgan fingerprint density at radius 1 is 1.38 bits per heavy atom. The van der Waals surface area contributed by atoms with Gasteiger partial charge in [-0.3, -0.25) is 9.78 Å². The number of nitrogens with zero attached hydrogens (tertiary/aromatic N) is 4.